The van der Waals surface area contributed by atoms with E-state index in [-0.39, 0.29) is 5.97 Å². The largest absolute Gasteiger partial charge is 0.423 e. The summed E-state index contributed by atoms with van der Waals surface area (Å²) in [7, 11) is 0. The third-order valence-electron chi connectivity index (χ3n) is 3.27. The molecule has 0 bridgehead atoms. The van der Waals surface area contributed by atoms with Gasteiger partial charge in [0.05, 0.1) is 5.56 Å². The Bertz CT molecular complexity index is 780. The van der Waals surface area contributed by atoms with Crippen molar-refractivity contribution in [2.24, 2.45) is 0 Å². The SMILES string of the molecule is O=C(Oc1ccc(-c2ccccc2)cc1)c1ccccc1Br. The van der Waals surface area contributed by atoms with E-state index in [0.717, 1.165) is 15.6 Å². The molecule has 108 valence electrons. The highest BCUT2D eigenvalue weighted by Gasteiger charge is 2.11. The number of halogens is 1. The molecule has 0 aliphatic rings. The van der Waals surface area contributed by atoms with Gasteiger partial charge in [-0.3, -0.25) is 0 Å². The van der Waals surface area contributed by atoms with E-state index in [0.29, 0.717) is 11.3 Å². The van der Waals surface area contributed by atoms with Crippen LogP contribution in [0.5, 0.6) is 5.75 Å². The van der Waals surface area contributed by atoms with Crippen molar-refractivity contribution in [2.75, 3.05) is 0 Å². The summed E-state index contributed by atoms with van der Waals surface area (Å²) in [5.41, 5.74) is 2.72. The first-order valence-corrected chi connectivity index (χ1v) is 7.65. The highest BCUT2D eigenvalue weighted by molar-refractivity contribution is 9.10. The van der Waals surface area contributed by atoms with Gasteiger partial charge in [0, 0.05) is 4.47 Å². The molecule has 0 amide bonds. The van der Waals surface area contributed by atoms with Crippen molar-refractivity contribution in [1.29, 1.82) is 0 Å². The Hall–Kier alpha value is -2.39. The van der Waals surface area contributed by atoms with Crippen LogP contribution in [0.1, 0.15) is 10.4 Å². The molecule has 3 heteroatoms. The molecule has 0 heterocycles. The maximum absolute atomic E-state index is 12.1. The van der Waals surface area contributed by atoms with Crippen LogP contribution in [-0.4, -0.2) is 5.97 Å². The van der Waals surface area contributed by atoms with E-state index in [1.165, 1.54) is 0 Å². The van der Waals surface area contributed by atoms with Gasteiger partial charge in [-0.15, -0.1) is 0 Å². The Kier molecular flexibility index (Phi) is 4.35. The molecule has 22 heavy (non-hydrogen) atoms. The second-order valence-electron chi connectivity index (χ2n) is 4.76. The smallest absolute Gasteiger partial charge is 0.344 e. The van der Waals surface area contributed by atoms with Crippen molar-refractivity contribution in [3.05, 3.63) is 88.9 Å². The predicted octanol–water partition coefficient (Wildman–Crippen LogP) is 5.34. The van der Waals surface area contributed by atoms with E-state index < -0.39 is 0 Å². The summed E-state index contributed by atoms with van der Waals surface area (Å²) >= 11 is 3.35. The second-order valence-corrected chi connectivity index (χ2v) is 5.61. The van der Waals surface area contributed by atoms with Gasteiger partial charge in [0.15, 0.2) is 0 Å². The van der Waals surface area contributed by atoms with Crippen LogP contribution < -0.4 is 4.74 Å². The van der Waals surface area contributed by atoms with Gasteiger partial charge in [-0.05, 0) is 51.3 Å². The van der Waals surface area contributed by atoms with E-state index >= 15 is 0 Å². The number of rotatable bonds is 3. The highest BCUT2D eigenvalue weighted by atomic mass is 79.9. The number of esters is 1. The molecule has 0 saturated heterocycles. The van der Waals surface area contributed by atoms with Gasteiger partial charge in [-0.1, -0.05) is 54.6 Å². The first-order chi connectivity index (χ1) is 10.7. The molecule has 0 fully saturated rings. The molecular weight excluding hydrogens is 340 g/mol. The first-order valence-electron chi connectivity index (χ1n) is 6.86. The second kappa shape index (κ2) is 6.58. The average molecular weight is 353 g/mol. The van der Waals surface area contributed by atoms with E-state index in [2.05, 4.69) is 15.9 Å². The van der Waals surface area contributed by atoms with Crippen molar-refractivity contribution < 1.29 is 9.53 Å². The van der Waals surface area contributed by atoms with Crippen LogP contribution in [0.2, 0.25) is 0 Å². The van der Waals surface area contributed by atoms with Gasteiger partial charge in [-0.2, -0.15) is 0 Å². The van der Waals surface area contributed by atoms with Gasteiger partial charge in [0.25, 0.3) is 0 Å². The zero-order valence-corrected chi connectivity index (χ0v) is 13.3. The monoisotopic (exact) mass is 352 g/mol. The van der Waals surface area contributed by atoms with Crippen LogP contribution >= 0.6 is 15.9 Å². The molecule has 0 N–H and O–H groups in total. The van der Waals surface area contributed by atoms with Crippen molar-refractivity contribution >= 4 is 21.9 Å². The number of carbonyl (C=O) groups excluding carboxylic acids is 1. The van der Waals surface area contributed by atoms with Crippen molar-refractivity contribution in [2.45, 2.75) is 0 Å². The topological polar surface area (TPSA) is 26.3 Å². The summed E-state index contributed by atoms with van der Waals surface area (Å²) in [4.78, 5) is 12.1. The fourth-order valence-corrected chi connectivity index (χ4v) is 2.58. The molecule has 0 aliphatic carbocycles. The lowest BCUT2D eigenvalue weighted by atomic mass is 10.1. The minimum Gasteiger partial charge on any atom is -0.423 e. The molecular formula is C19H13BrO2. The minimum atomic E-state index is -0.375. The zero-order valence-electron chi connectivity index (χ0n) is 11.7. The third-order valence-corrected chi connectivity index (χ3v) is 3.96. The molecule has 0 aliphatic heterocycles. The number of carbonyl (C=O) groups is 1. The maximum atomic E-state index is 12.1. The van der Waals surface area contributed by atoms with E-state index in [9.17, 15) is 4.79 Å². The Morgan fingerprint density at radius 2 is 1.32 bits per heavy atom. The van der Waals surface area contributed by atoms with Crippen LogP contribution in [0, 0.1) is 0 Å². The Morgan fingerprint density at radius 3 is 2.00 bits per heavy atom. The Labute approximate surface area is 137 Å². The summed E-state index contributed by atoms with van der Waals surface area (Å²) in [6.07, 6.45) is 0. The molecule has 0 spiro atoms. The summed E-state index contributed by atoms with van der Waals surface area (Å²) in [6.45, 7) is 0. The number of hydrogen-bond donors (Lipinski definition) is 0. The van der Waals surface area contributed by atoms with Gasteiger partial charge in [-0.25, -0.2) is 4.79 Å². The standard InChI is InChI=1S/C19H13BrO2/c20-18-9-5-4-8-17(18)19(21)22-16-12-10-15(11-13-16)14-6-2-1-3-7-14/h1-13H. The Balaban J connectivity index is 1.77. The summed E-state index contributed by atoms with van der Waals surface area (Å²) in [6, 6.07) is 24.8. The summed E-state index contributed by atoms with van der Waals surface area (Å²) in [5, 5.41) is 0. The molecule has 0 saturated carbocycles. The van der Waals surface area contributed by atoms with E-state index in [4.69, 9.17) is 4.74 Å². The lowest BCUT2D eigenvalue weighted by molar-refractivity contribution is 0.0734. The van der Waals surface area contributed by atoms with Crippen molar-refractivity contribution in [3.63, 3.8) is 0 Å². The van der Waals surface area contributed by atoms with Crippen LogP contribution in [0.15, 0.2) is 83.3 Å². The van der Waals surface area contributed by atoms with Crippen LogP contribution in [0.25, 0.3) is 11.1 Å². The predicted molar refractivity (Wildman–Crippen MR) is 91.0 cm³/mol. The van der Waals surface area contributed by atoms with Crippen LogP contribution in [-0.2, 0) is 0 Å². The molecule has 3 rings (SSSR count). The molecule has 0 unspecified atom stereocenters. The van der Waals surface area contributed by atoms with Gasteiger partial charge in [0.1, 0.15) is 5.75 Å². The molecule has 2 nitrogen and oxygen atoms in total. The van der Waals surface area contributed by atoms with Gasteiger partial charge < -0.3 is 4.74 Å². The highest BCUT2D eigenvalue weighted by Crippen LogP contribution is 2.23. The van der Waals surface area contributed by atoms with E-state index in [1.807, 2.05) is 54.6 Å². The zero-order chi connectivity index (χ0) is 15.4. The number of hydrogen-bond acceptors (Lipinski definition) is 2. The van der Waals surface area contributed by atoms with Crippen LogP contribution in [0.4, 0.5) is 0 Å². The molecule has 3 aromatic rings. The lowest BCUT2D eigenvalue weighted by Crippen LogP contribution is -2.08. The molecule has 0 aromatic heterocycles. The first kappa shape index (κ1) is 14.5. The van der Waals surface area contributed by atoms with Gasteiger partial charge >= 0.3 is 5.97 Å². The number of benzene rings is 3. The molecule has 0 radical (unpaired) electrons. The molecule has 0 atom stereocenters. The Morgan fingerprint density at radius 1 is 0.727 bits per heavy atom. The molecule has 3 aromatic carbocycles. The summed E-state index contributed by atoms with van der Waals surface area (Å²) in [5.74, 6) is 0.153. The maximum Gasteiger partial charge on any atom is 0.344 e. The number of ether oxygens (including phenoxy) is 1. The summed E-state index contributed by atoms with van der Waals surface area (Å²) < 4.78 is 6.13. The van der Waals surface area contributed by atoms with Gasteiger partial charge in [0.2, 0.25) is 0 Å². The average Bonchev–Trinajstić information content (AvgIpc) is 2.57. The fraction of sp³-hybridized carbons (Fsp3) is 0. The van der Waals surface area contributed by atoms with Crippen LogP contribution in [0.3, 0.4) is 0 Å². The third kappa shape index (κ3) is 3.26. The van der Waals surface area contributed by atoms with E-state index in [1.54, 1.807) is 24.3 Å². The normalized spacial score (nSPS) is 10.2. The minimum absolute atomic E-state index is 0.375. The fourth-order valence-electron chi connectivity index (χ4n) is 2.13. The van der Waals surface area contributed by atoms with Crippen molar-refractivity contribution in [1.82, 2.24) is 0 Å². The van der Waals surface area contributed by atoms with Crippen molar-refractivity contribution in [3.8, 4) is 16.9 Å². The lowest BCUT2D eigenvalue weighted by Gasteiger charge is -2.07. The quantitative estimate of drug-likeness (QED) is 0.470.